The first-order valence-corrected chi connectivity index (χ1v) is 12.0. The van der Waals surface area contributed by atoms with Gasteiger partial charge in [-0.1, -0.05) is 12.1 Å². The molecule has 1 amide bonds. The number of carbonyl (C=O) groups excluding carboxylic acids is 2. The number of piperidine rings is 1. The standard InChI is InChI=1S/C25H24N4O4S/c1-32-22-7-3-2-6-20(22)23-27-19(15-34-23)14-33-25(31)17-5-4-10-29(13-17)24(30)16-8-9-21-18(11-16)12-26-28-21/h2-3,6-9,11-12,15,17H,4-5,10,13-14H2,1H3,(H,26,28). The fourth-order valence-electron chi connectivity index (χ4n) is 4.19. The fourth-order valence-corrected chi connectivity index (χ4v) is 5.03. The van der Waals surface area contributed by atoms with Crippen LogP contribution in [0.1, 0.15) is 28.9 Å². The van der Waals surface area contributed by atoms with Crippen LogP contribution in [0, 0.1) is 5.92 Å². The van der Waals surface area contributed by atoms with E-state index in [1.54, 1.807) is 24.3 Å². The van der Waals surface area contributed by atoms with Crippen molar-refractivity contribution in [2.45, 2.75) is 19.4 Å². The van der Waals surface area contributed by atoms with Gasteiger partial charge in [-0.2, -0.15) is 5.10 Å². The number of aromatic nitrogens is 3. The first-order valence-electron chi connectivity index (χ1n) is 11.1. The molecule has 5 rings (SSSR count). The topological polar surface area (TPSA) is 97.4 Å². The Morgan fingerprint density at radius 3 is 3.00 bits per heavy atom. The predicted molar refractivity (Wildman–Crippen MR) is 129 cm³/mol. The Hall–Kier alpha value is -3.72. The molecule has 1 fully saturated rings. The molecule has 0 spiro atoms. The normalized spacial score (nSPS) is 15.9. The number of amides is 1. The third-order valence-electron chi connectivity index (χ3n) is 5.98. The number of ether oxygens (including phenoxy) is 2. The number of hydrogen-bond acceptors (Lipinski definition) is 7. The number of carbonyl (C=O) groups is 2. The summed E-state index contributed by atoms with van der Waals surface area (Å²) in [5, 5.41) is 10.5. The Bertz CT molecular complexity index is 1330. The third kappa shape index (κ3) is 4.51. The maximum absolute atomic E-state index is 13.0. The van der Waals surface area contributed by atoms with Crippen LogP contribution < -0.4 is 4.74 Å². The molecular formula is C25H24N4O4S. The molecule has 174 valence electrons. The maximum Gasteiger partial charge on any atom is 0.311 e. The number of para-hydroxylation sites is 1. The second-order valence-corrected chi connectivity index (χ2v) is 9.07. The molecule has 1 atom stereocenters. The van der Waals surface area contributed by atoms with E-state index in [1.165, 1.54) is 11.3 Å². The van der Waals surface area contributed by atoms with E-state index < -0.39 is 0 Å². The van der Waals surface area contributed by atoms with Gasteiger partial charge in [-0.25, -0.2) is 4.98 Å². The molecule has 1 aliphatic heterocycles. The highest BCUT2D eigenvalue weighted by Crippen LogP contribution is 2.32. The Kier molecular flexibility index (Phi) is 6.27. The number of H-pyrrole nitrogens is 1. The zero-order valence-electron chi connectivity index (χ0n) is 18.7. The second kappa shape index (κ2) is 9.64. The van der Waals surface area contributed by atoms with Crippen molar-refractivity contribution in [3.63, 3.8) is 0 Å². The van der Waals surface area contributed by atoms with Gasteiger partial charge in [-0.3, -0.25) is 14.7 Å². The summed E-state index contributed by atoms with van der Waals surface area (Å²) >= 11 is 1.48. The Labute approximate surface area is 200 Å². The minimum absolute atomic E-state index is 0.0819. The van der Waals surface area contributed by atoms with Gasteiger partial charge in [0, 0.05) is 29.4 Å². The molecule has 34 heavy (non-hydrogen) atoms. The van der Waals surface area contributed by atoms with Crippen LogP contribution in [0.25, 0.3) is 21.5 Å². The van der Waals surface area contributed by atoms with Crippen molar-refractivity contribution < 1.29 is 19.1 Å². The lowest BCUT2D eigenvalue weighted by molar-refractivity contribution is -0.151. The van der Waals surface area contributed by atoms with E-state index in [0.29, 0.717) is 30.8 Å². The van der Waals surface area contributed by atoms with Gasteiger partial charge in [0.2, 0.25) is 0 Å². The summed E-state index contributed by atoms with van der Waals surface area (Å²) in [6, 6.07) is 13.1. The fraction of sp³-hybridized carbons (Fsp3) is 0.280. The van der Waals surface area contributed by atoms with E-state index in [-0.39, 0.29) is 24.4 Å². The van der Waals surface area contributed by atoms with E-state index in [9.17, 15) is 9.59 Å². The van der Waals surface area contributed by atoms with Crippen LogP contribution in [0.2, 0.25) is 0 Å². The number of aromatic amines is 1. The van der Waals surface area contributed by atoms with Crippen LogP contribution >= 0.6 is 11.3 Å². The van der Waals surface area contributed by atoms with E-state index >= 15 is 0 Å². The minimum atomic E-state index is -0.345. The predicted octanol–water partition coefficient (Wildman–Crippen LogP) is 4.29. The Morgan fingerprint density at radius 2 is 2.12 bits per heavy atom. The van der Waals surface area contributed by atoms with Crippen LogP contribution in [0.5, 0.6) is 5.75 Å². The number of fused-ring (bicyclic) bond motifs is 1. The van der Waals surface area contributed by atoms with Gasteiger partial charge in [0.05, 0.1) is 36.0 Å². The van der Waals surface area contributed by atoms with Crippen molar-refractivity contribution in [3.8, 4) is 16.3 Å². The molecule has 0 aliphatic carbocycles. The van der Waals surface area contributed by atoms with Gasteiger partial charge in [0.1, 0.15) is 17.4 Å². The monoisotopic (exact) mass is 476 g/mol. The quantitative estimate of drug-likeness (QED) is 0.417. The van der Waals surface area contributed by atoms with Gasteiger partial charge in [0.25, 0.3) is 5.91 Å². The van der Waals surface area contributed by atoms with Gasteiger partial charge in [0.15, 0.2) is 0 Å². The molecule has 0 bridgehead atoms. The summed E-state index contributed by atoms with van der Waals surface area (Å²) in [5.74, 6) is 0.0261. The van der Waals surface area contributed by atoms with Crippen LogP contribution in [0.15, 0.2) is 54.0 Å². The number of likely N-dealkylation sites (tertiary alicyclic amines) is 1. The summed E-state index contributed by atoms with van der Waals surface area (Å²) in [6.07, 6.45) is 3.15. The first-order chi connectivity index (χ1) is 16.6. The third-order valence-corrected chi connectivity index (χ3v) is 6.90. The summed E-state index contributed by atoms with van der Waals surface area (Å²) in [6.45, 7) is 1.08. The average Bonchev–Trinajstić information content (AvgIpc) is 3.56. The zero-order chi connectivity index (χ0) is 23.5. The first kappa shape index (κ1) is 22.1. The molecule has 3 heterocycles. The lowest BCUT2D eigenvalue weighted by Crippen LogP contribution is -2.42. The van der Waals surface area contributed by atoms with Crippen LogP contribution in [0.4, 0.5) is 0 Å². The number of nitrogens with zero attached hydrogens (tertiary/aromatic N) is 3. The van der Waals surface area contributed by atoms with Crippen LogP contribution in [0.3, 0.4) is 0 Å². The zero-order valence-corrected chi connectivity index (χ0v) is 19.5. The molecule has 0 saturated carbocycles. The van der Waals surface area contributed by atoms with Crippen molar-refractivity contribution in [2.24, 2.45) is 5.92 Å². The largest absolute Gasteiger partial charge is 0.496 e. The summed E-state index contributed by atoms with van der Waals surface area (Å²) in [7, 11) is 1.63. The average molecular weight is 477 g/mol. The molecule has 8 nitrogen and oxygen atoms in total. The number of thiazole rings is 1. The molecule has 1 aliphatic rings. The van der Waals surface area contributed by atoms with Gasteiger partial charge >= 0.3 is 5.97 Å². The maximum atomic E-state index is 13.0. The smallest absolute Gasteiger partial charge is 0.311 e. The molecule has 9 heteroatoms. The van der Waals surface area contributed by atoms with E-state index in [4.69, 9.17) is 9.47 Å². The lowest BCUT2D eigenvalue weighted by atomic mass is 9.97. The molecular weight excluding hydrogens is 452 g/mol. The van der Waals surface area contributed by atoms with Crippen molar-refractivity contribution in [1.82, 2.24) is 20.1 Å². The van der Waals surface area contributed by atoms with Crippen molar-refractivity contribution in [1.29, 1.82) is 0 Å². The number of hydrogen-bond donors (Lipinski definition) is 1. The minimum Gasteiger partial charge on any atom is -0.496 e. The SMILES string of the molecule is COc1ccccc1-c1nc(COC(=O)C2CCCN(C(=O)c3ccc4[nH]ncc4c3)C2)cs1. The van der Waals surface area contributed by atoms with Crippen molar-refractivity contribution >= 4 is 34.1 Å². The Morgan fingerprint density at radius 1 is 1.24 bits per heavy atom. The number of nitrogens with one attached hydrogen (secondary N) is 1. The van der Waals surface area contributed by atoms with E-state index in [1.807, 2.05) is 41.8 Å². The number of benzene rings is 2. The lowest BCUT2D eigenvalue weighted by Gasteiger charge is -2.31. The molecule has 2 aromatic carbocycles. The van der Waals surface area contributed by atoms with E-state index in [2.05, 4.69) is 15.2 Å². The number of methoxy groups -OCH3 is 1. The Balaban J connectivity index is 1.20. The molecule has 4 aromatic rings. The van der Waals surface area contributed by atoms with Gasteiger partial charge in [-0.15, -0.1) is 11.3 Å². The highest BCUT2D eigenvalue weighted by atomic mass is 32.1. The highest BCUT2D eigenvalue weighted by Gasteiger charge is 2.30. The van der Waals surface area contributed by atoms with Gasteiger partial charge in [-0.05, 0) is 43.2 Å². The molecule has 1 unspecified atom stereocenters. The van der Waals surface area contributed by atoms with Crippen LogP contribution in [-0.2, 0) is 16.1 Å². The summed E-state index contributed by atoms with van der Waals surface area (Å²) in [5.41, 5.74) is 3.07. The molecule has 2 aromatic heterocycles. The van der Waals surface area contributed by atoms with Crippen LogP contribution in [-0.4, -0.2) is 52.2 Å². The second-order valence-electron chi connectivity index (χ2n) is 8.21. The summed E-state index contributed by atoms with van der Waals surface area (Å²) < 4.78 is 11.0. The molecule has 1 N–H and O–H groups in total. The number of esters is 1. The van der Waals surface area contributed by atoms with Gasteiger partial charge < -0.3 is 14.4 Å². The van der Waals surface area contributed by atoms with E-state index in [0.717, 1.165) is 33.6 Å². The molecule has 0 radical (unpaired) electrons. The highest BCUT2D eigenvalue weighted by molar-refractivity contribution is 7.13. The van der Waals surface area contributed by atoms with Crippen molar-refractivity contribution in [3.05, 3.63) is 65.3 Å². The molecule has 1 saturated heterocycles. The summed E-state index contributed by atoms with van der Waals surface area (Å²) in [4.78, 5) is 32.1. The van der Waals surface area contributed by atoms with Crippen molar-refractivity contribution in [2.75, 3.05) is 20.2 Å². The number of rotatable bonds is 6.